The molecule has 1 saturated carbocycles. The lowest BCUT2D eigenvalue weighted by molar-refractivity contribution is 0.621. The highest BCUT2D eigenvalue weighted by Crippen LogP contribution is 2.33. The summed E-state index contributed by atoms with van der Waals surface area (Å²) in [7, 11) is 0. The molecule has 0 aliphatic heterocycles. The molecule has 0 amide bonds. The van der Waals surface area contributed by atoms with Gasteiger partial charge in [-0.05, 0) is 24.8 Å². The quantitative estimate of drug-likeness (QED) is 0.781. The van der Waals surface area contributed by atoms with Gasteiger partial charge in [-0.1, -0.05) is 24.4 Å². The second-order valence-corrected chi connectivity index (χ2v) is 4.43. The van der Waals surface area contributed by atoms with E-state index in [1.807, 2.05) is 0 Å². The molecule has 1 aromatic rings. The molecule has 1 aliphatic rings. The Balaban J connectivity index is 1.76. The maximum atomic E-state index is 13.2. The van der Waals surface area contributed by atoms with Crippen molar-refractivity contribution in [2.24, 2.45) is 5.92 Å². The largest absolute Gasteiger partial charge is 0.368 e. The first-order valence-corrected chi connectivity index (χ1v) is 5.68. The number of halogens is 2. The molecule has 2 rings (SSSR count). The number of aromatic nitrogens is 1. The molecule has 1 fully saturated rings. The summed E-state index contributed by atoms with van der Waals surface area (Å²) in [6.07, 6.45) is 6.51. The first-order chi connectivity index (χ1) is 7.25. The SMILES string of the molecule is Fc1cc(Cl)cnc1NCCCC1CC1. The van der Waals surface area contributed by atoms with Crippen molar-refractivity contribution in [3.05, 3.63) is 23.1 Å². The minimum Gasteiger partial charge on any atom is -0.368 e. The Morgan fingerprint density at radius 2 is 2.33 bits per heavy atom. The second kappa shape index (κ2) is 4.79. The monoisotopic (exact) mass is 228 g/mol. The van der Waals surface area contributed by atoms with Crippen LogP contribution in [0.4, 0.5) is 10.2 Å². The van der Waals surface area contributed by atoms with E-state index in [0.29, 0.717) is 10.8 Å². The van der Waals surface area contributed by atoms with Gasteiger partial charge >= 0.3 is 0 Å². The summed E-state index contributed by atoms with van der Waals surface area (Å²) >= 11 is 5.60. The van der Waals surface area contributed by atoms with E-state index < -0.39 is 0 Å². The minimum atomic E-state index is -0.381. The second-order valence-electron chi connectivity index (χ2n) is 4.00. The summed E-state index contributed by atoms with van der Waals surface area (Å²) in [5.74, 6) is 0.846. The van der Waals surface area contributed by atoms with Gasteiger partial charge in [-0.2, -0.15) is 0 Å². The maximum Gasteiger partial charge on any atom is 0.166 e. The predicted octanol–water partition coefficient (Wildman–Crippen LogP) is 3.48. The van der Waals surface area contributed by atoms with Crippen LogP contribution in [-0.4, -0.2) is 11.5 Å². The van der Waals surface area contributed by atoms with Crippen molar-refractivity contribution in [1.82, 2.24) is 4.98 Å². The molecule has 0 unspecified atom stereocenters. The van der Waals surface area contributed by atoms with Gasteiger partial charge in [-0.15, -0.1) is 0 Å². The van der Waals surface area contributed by atoms with Crippen molar-refractivity contribution in [2.75, 3.05) is 11.9 Å². The Kier molecular flexibility index (Phi) is 3.41. The highest BCUT2D eigenvalue weighted by atomic mass is 35.5. The molecule has 82 valence electrons. The van der Waals surface area contributed by atoms with Crippen LogP contribution in [0.5, 0.6) is 0 Å². The van der Waals surface area contributed by atoms with E-state index in [1.54, 1.807) is 0 Å². The fourth-order valence-corrected chi connectivity index (χ4v) is 1.69. The molecule has 0 atom stereocenters. The fraction of sp³-hybridized carbons (Fsp3) is 0.545. The average molecular weight is 229 g/mol. The van der Waals surface area contributed by atoms with Crippen molar-refractivity contribution >= 4 is 17.4 Å². The Hall–Kier alpha value is -0.830. The Morgan fingerprint density at radius 1 is 1.53 bits per heavy atom. The number of hydrogen-bond acceptors (Lipinski definition) is 2. The minimum absolute atomic E-state index is 0.301. The summed E-state index contributed by atoms with van der Waals surface area (Å²) in [6.45, 7) is 0.780. The number of anilines is 1. The number of rotatable bonds is 5. The summed E-state index contributed by atoms with van der Waals surface area (Å²) in [5.41, 5.74) is 0. The van der Waals surface area contributed by atoms with Crippen LogP contribution in [0.15, 0.2) is 12.3 Å². The summed E-state index contributed by atoms with van der Waals surface area (Å²) in [4.78, 5) is 3.89. The molecule has 1 heterocycles. The van der Waals surface area contributed by atoms with Crippen LogP contribution in [0.1, 0.15) is 25.7 Å². The molecule has 15 heavy (non-hydrogen) atoms. The zero-order valence-corrected chi connectivity index (χ0v) is 9.23. The third kappa shape index (κ3) is 3.34. The normalized spacial score (nSPS) is 15.3. The number of nitrogens with one attached hydrogen (secondary N) is 1. The van der Waals surface area contributed by atoms with Crippen molar-refractivity contribution < 1.29 is 4.39 Å². The van der Waals surface area contributed by atoms with E-state index in [0.717, 1.165) is 18.9 Å². The average Bonchev–Trinajstić information content (AvgIpc) is 2.99. The van der Waals surface area contributed by atoms with Crippen LogP contribution < -0.4 is 5.32 Å². The van der Waals surface area contributed by atoms with E-state index in [1.165, 1.54) is 31.5 Å². The molecule has 1 aliphatic carbocycles. The van der Waals surface area contributed by atoms with Crippen LogP contribution in [0.3, 0.4) is 0 Å². The Labute approximate surface area is 93.9 Å². The highest BCUT2D eigenvalue weighted by molar-refractivity contribution is 6.30. The lowest BCUT2D eigenvalue weighted by Crippen LogP contribution is -2.05. The molecule has 4 heteroatoms. The standard InChI is InChI=1S/C11H14ClFN2/c12-9-6-10(13)11(15-7-9)14-5-1-2-8-3-4-8/h6-8H,1-5H2,(H,14,15). The van der Waals surface area contributed by atoms with Crippen LogP contribution in [0.2, 0.25) is 5.02 Å². The number of nitrogens with zero attached hydrogens (tertiary/aromatic N) is 1. The molecular formula is C11H14ClFN2. The molecule has 0 radical (unpaired) electrons. The summed E-state index contributed by atoms with van der Waals surface area (Å²) < 4.78 is 13.2. The van der Waals surface area contributed by atoms with E-state index >= 15 is 0 Å². The van der Waals surface area contributed by atoms with Crippen LogP contribution >= 0.6 is 11.6 Å². The third-order valence-corrected chi connectivity index (χ3v) is 2.79. The molecule has 1 N–H and O–H groups in total. The van der Waals surface area contributed by atoms with Gasteiger partial charge in [-0.25, -0.2) is 9.37 Å². The molecule has 2 nitrogen and oxygen atoms in total. The van der Waals surface area contributed by atoms with Gasteiger partial charge in [0.25, 0.3) is 0 Å². The van der Waals surface area contributed by atoms with E-state index in [9.17, 15) is 4.39 Å². The van der Waals surface area contributed by atoms with Crippen LogP contribution in [0.25, 0.3) is 0 Å². The summed E-state index contributed by atoms with van der Waals surface area (Å²) in [5, 5.41) is 3.31. The molecule has 0 saturated heterocycles. The van der Waals surface area contributed by atoms with Gasteiger partial charge in [-0.3, -0.25) is 0 Å². The first-order valence-electron chi connectivity index (χ1n) is 5.30. The zero-order valence-electron chi connectivity index (χ0n) is 8.47. The highest BCUT2D eigenvalue weighted by Gasteiger charge is 2.19. The fourth-order valence-electron chi connectivity index (χ4n) is 1.55. The molecular weight excluding hydrogens is 215 g/mol. The lowest BCUT2D eigenvalue weighted by atomic mass is 10.2. The lowest BCUT2D eigenvalue weighted by Gasteiger charge is -2.05. The van der Waals surface area contributed by atoms with Crippen LogP contribution in [-0.2, 0) is 0 Å². The Morgan fingerprint density at radius 3 is 3.00 bits per heavy atom. The first kappa shape index (κ1) is 10.7. The smallest absolute Gasteiger partial charge is 0.166 e. The third-order valence-electron chi connectivity index (χ3n) is 2.59. The Bertz CT molecular complexity index is 339. The van der Waals surface area contributed by atoms with Crippen molar-refractivity contribution in [3.63, 3.8) is 0 Å². The van der Waals surface area contributed by atoms with Crippen molar-refractivity contribution in [2.45, 2.75) is 25.7 Å². The van der Waals surface area contributed by atoms with Crippen molar-refractivity contribution in [3.8, 4) is 0 Å². The zero-order chi connectivity index (χ0) is 10.7. The molecule has 0 aromatic carbocycles. The van der Waals surface area contributed by atoms with Gasteiger partial charge < -0.3 is 5.32 Å². The van der Waals surface area contributed by atoms with E-state index in [-0.39, 0.29) is 5.82 Å². The van der Waals surface area contributed by atoms with Crippen molar-refractivity contribution in [1.29, 1.82) is 0 Å². The van der Waals surface area contributed by atoms with Gasteiger partial charge in [0.15, 0.2) is 11.6 Å². The topological polar surface area (TPSA) is 24.9 Å². The molecule has 1 aromatic heterocycles. The number of pyridine rings is 1. The van der Waals surface area contributed by atoms with Gasteiger partial charge in [0.05, 0.1) is 5.02 Å². The van der Waals surface area contributed by atoms with Gasteiger partial charge in [0, 0.05) is 12.7 Å². The summed E-state index contributed by atoms with van der Waals surface area (Å²) in [6, 6.07) is 1.28. The van der Waals surface area contributed by atoms with Gasteiger partial charge in [0.2, 0.25) is 0 Å². The predicted molar refractivity (Wildman–Crippen MR) is 59.7 cm³/mol. The van der Waals surface area contributed by atoms with Crippen LogP contribution in [0, 0.1) is 11.7 Å². The van der Waals surface area contributed by atoms with Gasteiger partial charge in [0.1, 0.15) is 0 Å². The van der Waals surface area contributed by atoms with E-state index in [2.05, 4.69) is 10.3 Å². The molecule has 0 bridgehead atoms. The molecule has 0 spiro atoms. The van der Waals surface area contributed by atoms with E-state index in [4.69, 9.17) is 11.6 Å². The number of hydrogen-bond donors (Lipinski definition) is 1. The maximum absolute atomic E-state index is 13.2.